The van der Waals surface area contributed by atoms with E-state index in [4.69, 9.17) is 11.5 Å². The lowest BCUT2D eigenvalue weighted by Gasteiger charge is -2.16. The molecule has 5 N–H and O–H groups in total. The molecule has 4 nitrogen and oxygen atoms in total. The molecule has 0 aliphatic rings. The Balaban J connectivity index is 2.17. The minimum Gasteiger partial charge on any atom is -0.399 e. The van der Waals surface area contributed by atoms with E-state index < -0.39 is 0 Å². The summed E-state index contributed by atoms with van der Waals surface area (Å²) in [5, 5.41) is 2.93. The lowest BCUT2D eigenvalue weighted by Crippen LogP contribution is -2.27. The molecule has 0 aliphatic carbocycles. The van der Waals surface area contributed by atoms with E-state index in [9.17, 15) is 4.79 Å². The number of halogens is 1. The van der Waals surface area contributed by atoms with Gasteiger partial charge in [-0.1, -0.05) is 34.1 Å². The SMILES string of the molecule is CC(NC(=O)c1cc(N)cc(N)c1)c1ccccc1Br. The van der Waals surface area contributed by atoms with E-state index in [1.165, 1.54) is 0 Å². The van der Waals surface area contributed by atoms with Gasteiger partial charge in [-0.05, 0) is 36.8 Å². The van der Waals surface area contributed by atoms with Crippen LogP contribution in [0, 0.1) is 0 Å². The molecule has 0 fully saturated rings. The summed E-state index contributed by atoms with van der Waals surface area (Å²) in [5.41, 5.74) is 13.8. The fourth-order valence-electron chi connectivity index (χ4n) is 1.99. The molecule has 0 spiro atoms. The quantitative estimate of drug-likeness (QED) is 0.755. The first kappa shape index (κ1) is 14.4. The maximum Gasteiger partial charge on any atom is 0.251 e. The van der Waals surface area contributed by atoms with Crippen molar-refractivity contribution in [3.8, 4) is 0 Å². The molecule has 0 aliphatic heterocycles. The van der Waals surface area contributed by atoms with Gasteiger partial charge in [0, 0.05) is 21.4 Å². The molecule has 2 rings (SSSR count). The summed E-state index contributed by atoms with van der Waals surface area (Å²) < 4.78 is 0.958. The van der Waals surface area contributed by atoms with Gasteiger partial charge in [-0.2, -0.15) is 0 Å². The van der Waals surface area contributed by atoms with E-state index >= 15 is 0 Å². The zero-order valence-electron chi connectivity index (χ0n) is 11.1. The molecular formula is C15H16BrN3O. The van der Waals surface area contributed by atoms with E-state index in [1.54, 1.807) is 18.2 Å². The molecule has 104 valence electrons. The van der Waals surface area contributed by atoms with E-state index in [1.807, 2.05) is 31.2 Å². The summed E-state index contributed by atoms with van der Waals surface area (Å²) in [6, 6.07) is 12.5. The van der Waals surface area contributed by atoms with Crippen LogP contribution in [0.5, 0.6) is 0 Å². The topological polar surface area (TPSA) is 81.1 Å². The molecule has 2 aromatic carbocycles. The minimum atomic E-state index is -0.202. The van der Waals surface area contributed by atoms with Crippen LogP contribution in [0.2, 0.25) is 0 Å². The predicted octanol–water partition coefficient (Wildman–Crippen LogP) is 3.10. The van der Waals surface area contributed by atoms with Gasteiger partial charge in [0.1, 0.15) is 0 Å². The van der Waals surface area contributed by atoms with Gasteiger partial charge in [-0.15, -0.1) is 0 Å². The van der Waals surface area contributed by atoms with Crippen LogP contribution in [0.1, 0.15) is 28.9 Å². The molecule has 0 aromatic heterocycles. The number of nitrogens with one attached hydrogen (secondary N) is 1. The zero-order chi connectivity index (χ0) is 14.7. The summed E-state index contributed by atoms with van der Waals surface area (Å²) in [5.74, 6) is -0.202. The third kappa shape index (κ3) is 3.30. The second kappa shape index (κ2) is 5.96. The first-order valence-corrected chi connectivity index (χ1v) is 6.98. The Morgan fingerprint density at radius 2 is 1.75 bits per heavy atom. The van der Waals surface area contributed by atoms with Crippen molar-refractivity contribution >= 4 is 33.2 Å². The Hall–Kier alpha value is -2.01. The van der Waals surface area contributed by atoms with Crippen molar-refractivity contribution in [2.24, 2.45) is 0 Å². The molecular weight excluding hydrogens is 318 g/mol. The van der Waals surface area contributed by atoms with E-state index in [0.717, 1.165) is 10.0 Å². The average molecular weight is 334 g/mol. The van der Waals surface area contributed by atoms with E-state index in [-0.39, 0.29) is 11.9 Å². The number of amides is 1. The van der Waals surface area contributed by atoms with Gasteiger partial charge in [-0.25, -0.2) is 0 Å². The molecule has 0 saturated carbocycles. The van der Waals surface area contributed by atoms with Crippen LogP contribution in [-0.2, 0) is 0 Å². The lowest BCUT2D eigenvalue weighted by molar-refractivity contribution is 0.0940. The van der Waals surface area contributed by atoms with Gasteiger partial charge in [0.15, 0.2) is 0 Å². The van der Waals surface area contributed by atoms with Gasteiger partial charge in [0.05, 0.1) is 6.04 Å². The third-order valence-electron chi connectivity index (χ3n) is 2.96. The first-order valence-electron chi connectivity index (χ1n) is 6.18. The maximum atomic E-state index is 12.2. The fourth-order valence-corrected chi connectivity index (χ4v) is 2.62. The van der Waals surface area contributed by atoms with Crippen LogP contribution in [-0.4, -0.2) is 5.91 Å². The molecule has 1 unspecified atom stereocenters. The van der Waals surface area contributed by atoms with Crippen LogP contribution >= 0.6 is 15.9 Å². The second-order valence-corrected chi connectivity index (χ2v) is 5.46. The highest BCUT2D eigenvalue weighted by molar-refractivity contribution is 9.10. The molecule has 0 saturated heterocycles. The third-order valence-corrected chi connectivity index (χ3v) is 3.68. The molecule has 0 bridgehead atoms. The lowest BCUT2D eigenvalue weighted by atomic mass is 10.1. The van der Waals surface area contributed by atoms with Crippen LogP contribution in [0.4, 0.5) is 11.4 Å². The highest BCUT2D eigenvalue weighted by Gasteiger charge is 2.14. The van der Waals surface area contributed by atoms with Crippen molar-refractivity contribution in [1.82, 2.24) is 5.32 Å². The van der Waals surface area contributed by atoms with Gasteiger partial charge >= 0.3 is 0 Å². The average Bonchev–Trinajstić information content (AvgIpc) is 2.37. The molecule has 1 amide bonds. The van der Waals surface area contributed by atoms with Crippen molar-refractivity contribution < 1.29 is 4.79 Å². The smallest absolute Gasteiger partial charge is 0.251 e. The molecule has 2 aromatic rings. The van der Waals surface area contributed by atoms with Crippen molar-refractivity contribution in [2.45, 2.75) is 13.0 Å². The Bertz CT molecular complexity index is 623. The number of nitrogen functional groups attached to an aromatic ring is 2. The second-order valence-electron chi connectivity index (χ2n) is 4.61. The minimum absolute atomic E-state index is 0.124. The van der Waals surface area contributed by atoms with Gasteiger partial charge < -0.3 is 16.8 Å². The van der Waals surface area contributed by atoms with Crippen molar-refractivity contribution in [3.63, 3.8) is 0 Å². The Morgan fingerprint density at radius 3 is 2.35 bits per heavy atom. The number of carbonyl (C=O) groups is 1. The maximum absolute atomic E-state index is 12.2. The number of hydrogen-bond acceptors (Lipinski definition) is 3. The predicted molar refractivity (Wildman–Crippen MR) is 85.3 cm³/mol. The number of carbonyl (C=O) groups excluding carboxylic acids is 1. The summed E-state index contributed by atoms with van der Waals surface area (Å²) in [7, 11) is 0. The van der Waals surface area contributed by atoms with Crippen LogP contribution in [0.25, 0.3) is 0 Å². The van der Waals surface area contributed by atoms with Gasteiger partial charge in [-0.3, -0.25) is 4.79 Å². The van der Waals surface area contributed by atoms with E-state index in [0.29, 0.717) is 16.9 Å². The van der Waals surface area contributed by atoms with Crippen molar-refractivity contribution in [3.05, 3.63) is 58.1 Å². The number of benzene rings is 2. The number of nitrogens with two attached hydrogens (primary N) is 2. The summed E-state index contributed by atoms with van der Waals surface area (Å²) in [4.78, 5) is 12.2. The first-order chi connectivity index (χ1) is 9.47. The van der Waals surface area contributed by atoms with Crippen molar-refractivity contribution in [2.75, 3.05) is 11.5 Å². The Morgan fingerprint density at radius 1 is 1.15 bits per heavy atom. The summed E-state index contributed by atoms with van der Waals surface area (Å²) >= 11 is 3.47. The number of anilines is 2. The Labute approximate surface area is 126 Å². The number of hydrogen-bond donors (Lipinski definition) is 3. The number of rotatable bonds is 3. The van der Waals surface area contributed by atoms with Gasteiger partial charge in [0.2, 0.25) is 0 Å². The molecule has 0 radical (unpaired) electrons. The Kier molecular flexibility index (Phi) is 4.29. The largest absolute Gasteiger partial charge is 0.399 e. The van der Waals surface area contributed by atoms with Gasteiger partial charge in [0.25, 0.3) is 5.91 Å². The van der Waals surface area contributed by atoms with Crippen LogP contribution < -0.4 is 16.8 Å². The highest BCUT2D eigenvalue weighted by atomic mass is 79.9. The molecule has 5 heteroatoms. The standard InChI is InChI=1S/C15H16BrN3O/c1-9(13-4-2-3-5-14(13)16)19-15(20)10-6-11(17)8-12(18)7-10/h2-9H,17-18H2,1H3,(H,19,20). The monoisotopic (exact) mass is 333 g/mol. The van der Waals surface area contributed by atoms with Crippen LogP contribution in [0.3, 0.4) is 0 Å². The fraction of sp³-hybridized carbons (Fsp3) is 0.133. The van der Waals surface area contributed by atoms with Crippen molar-refractivity contribution in [1.29, 1.82) is 0 Å². The highest BCUT2D eigenvalue weighted by Crippen LogP contribution is 2.23. The normalized spacial score (nSPS) is 11.9. The molecule has 0 heterocycles. The molecule has 1 atom stereocenters. The summed E-state index contributed by atoms with van der Waals surface area (Å²) in [6.45, 7) is 1.92. The van der Waals surface area contributed by atoms with Crippen LogP contribution in [0.15, 0.2) is 46.9 Å². The zero-order valence-corrected chi connectivity index (χ0v) is 12.6. The summed E-state index contributed by atoms with van der Waals surface area (Å²) in [6.07, 6.45) is 0. The molecule has 20 heavy (non-hydrogen) atoms. The van der Waals surface area contributed by atoms with E-state index in [2.05, 4.69) is 21.2 Å².